The second-order valence-corrected chi connectivity index (χ2v) is 4.68. The summed E-state index contributed by atoms with van der Waals surface area (Å²) in [4.78, 5) is 11.8. The Balaban J connectivity index is 1.68. The van der Waals surface area contributed by atoms with Gasteiger partial charge in [0.25, 0.3) is 0 Å². The van der Waals surface area contributed by atoms with Crippen LogP contribution in [0.3, 0.4) is 0 Å². The molecule has 1 N–H and O–H groups in total. The summed E-state index contributed by atoms with van der Waals surface area (Å²) in [6, 6.07) is 17.4. The third-order valence-corrected chi connectivity index (χ3v) is 2.86. The van der Waals surface area contributed by atoms with E-state index in [1.165, 1.54) is 0 Å². The molecular weight excluding hydrogens is 250 g/mol. The molecule has 2 rings (SSSR count). The van der Waals surface area contributed by atoms with Gasteiger partial charge in [0, 0.05) is 12.1 Å². The molecule has 0 aliphatic carbocycles. The summed E-state index contributed by atoms with van der Waals surface area (Å²) in [6.45, 7) is 2.55. The topological polar surface area (TPSA) is 38.3 Å². The number of aryl methyl sites for hydroxylation is 1. The highest BCUT2D eigenvalue weighted by Gasteiger charge is 2.02. The Labute approximate surface area is 119 Å². The number of anilines is 1. The van der Waals surface area contributed by atoms with Crippen molar-refractivity contribution in [2.24, 2.45) is 0 Å². The summed E-state index contributed by atoms with van der Waals surface area (Å²) in [5.74, 6) is 0.860. The molecule has 0 saturated carbocycles. The van der Waals surface area contributed by atoms with E-state index in [-0.39, 0.29) is 5.91 Å². The van der Waals surface area contributed by atoms with Crippen molar-refractivity contribution >= 4 is 11.6 Å². The van der Waals surface area contributed by atoms with Gasteiger partial charge in [-0.3, -0.25) is 4.79 Å². The van der Waals surface area contributed by atoms with Crippen LogP contribution in [0, 0.1) is 6.92 Å². The largest absolute Gasteiger partial charge is 0.494 e. The monoisotopic (exact) mass is 269 g/mol. The number of amides is 1. The van der Waals surface area contributed by atoms with E-state index in [1.54, 1.807) is 0 Å². The molecule has 0 fully saturated rings. The lowest BCUT2D eigenvalue weighted by molar-refractivity contribution is -0.116. The Morgan fingerprint density at radius 3 is 2.65 bits per heavy atom. The van der Waals surface area contributed by atoms with Crippen LogP contribution in [-0.4, -0.2) is 12.5 Å². The van der Waals surface area contributed by atoms with E-state index in [0.717, 1.165) is 17.0 Å². The van der Waals surface area contributed by atoms with Crippen LogP contribution in [0.15, 0.2) is 54.6 Å². The number of para-hydroxylation sites is 1. The molecule has 0 bridgehead atoms. The zero-order chi connectivity index (χ0) is 14.2. The summed E-state index contributed by atoms with van der Waals surface area (Å²) in [5, 5.41) is 2.89. The molecule has 0 aromatic heterocycles. The van der Waals surface area contributed by atoms with Crippen molar-refractivity contribution in [3.05, 3.63) is 60.2 Å². The first-order chi connectivity index (χ1) is 9.74. The lowest BCUT2D eigenvalue weighted by Crippen LogP contribution is -2.12. The van der Waals surface area contributed by atoms with Gasteiger partial charge < -0.3 is 10.1 Å². The van der Waals surface area contributed by atoms with Crippen LogP contribution < -0.4 is 10.1 Å². The predicted molar refractivity (Wildman–Crippen MR) is 81.0 cm³/mol. The Morgan fingerprint density at radius 2 is 1.90 bits per heavy atom. The summed E-state index contributed by atoms with van der Waals surface area (Å²) >= 11 is 0. The minimum atomic E-state index is 0.0206. The van der Waals surface area contributed by atoms with Gasteiger partial charge in [-0.15, -0.1) is 0 Å². The van der Waals surface area contributed by atoms with Crippen molar-refractivity contribution in [3.8, 4) is 5.75 Å². The fourth-order valence-corrected chi connectivity index (χ4v) is 1.89. The molecule has 0 aliphatic rings. The number of rotatable bonds is 6. The molecule has 0 heterocycles. The molecule has 0 atom stereocenters. The number of hydrogen-bond donors (Lipinski definition) is 1. The predicted octanol–water partition coefficient (Wildman–Crippen LogP) is 3.79. The van der Waals surface area contributed by atoms with E-state index in [4.69, 9.17) is 4.74 Å². The highest BCUT2D eigenvalue weighted by Crippen LogP contribution is 2.11. The molecule has 104 valence electrons. The summed E-state index contributed by atoms with van der Waals surface area (Å²) in [5.41, 5.74) is 1.98. The molecule has 0 unspecified atom stereocenters. The third-order valence-electron chi connectivity index (χ3n) is 2.86. The normalized spacial score (nSPS) is 10.1. The van der Waals surface area contributed by atoms with Crippen LogP contribution in [0.1, 0.15) is 18.4 Å². The number of ether oxygens (including phenoxy) is 1. The van der Waals surface area contributed by atoms with Gasteiger partial charge >= 0.3 is 0 Å². The fourth-order valence-electron chi connectivity index (χ4n) is 1.89. The first-order valence-electron chi connectivity index (χ1n) is 6.78. The van der Waals surface area contributed by atoms with Crippen LogP contribution in [-0.2, 0) is 4.79 Å². The minimum Gasteiger partial charge on any atom is -0.494 e. The number of benzene rings is 2. The van der Waals surface area contributed by atoms with Crippen LogP contribution in [0.25, 0.3) is 0 Å². The van der Waals surface area contributed by atoms with Crippen molar-refractivity contribution in [2.75, 3.05) is 11.9 Å². The lowest BCUT2D eigenvalue weighted by atomic mass is 10.2. The Kier molecular flexibility index (Phi) is 5.18. The van der Waals surface area contributed by atoms with E-state index in [2.05, 4.69) is 5.32 Å². The number of hydrogen-bond acceptors (Lipinski definition) is 2. The standard InChI is InChI=1S/C17H19NO2/c1-14-7-5-8-15(13-14)18-17(19)11-6-12-20-16-9-3-2-4-10-16/h2-5,7-10,13H,6,11-12H2,1H3,(H,18,19). The Bertz CT molecular complexity index is 552. The van der Waals surface area contributed by atoms with Gasteiger partial charge in [-0.05, 0) is 43.2 Å². The van der Waals surface area contributed by atoms with E-state index >= 15 is 0 Å². The fraction of sp³-hybridized carbons (Fsp3) is 0.235. The van der Waals surface area contributed by atoms with Crippen molar-refractivity contribution in [1.82, 2.24) is 0 Å². The minimum absolute atomic E-state index is 0.0206. The lowest BCUT2D eigenvalue weighted by Gasteiger charge is -2.07. The van der Waals surface area contributed by atoms with Crippen molar-refractivity contribution < 1.29 is 9.53 Å². The first kappa shape index (κ1) is 14.1. The average molecular weight is 269 g/mol. The summed E-state index contributed by atoms with van der Waals surface area (Å²) in [7, 11) is 0. The molecule has 2 aromatic carbocycles. The number of carbonyl (C=O) groups excluding carboxylic acids is 1. The number of carbonyl (C=O) groups is 1. The molecule has 3 heteroatoms. The van der Waals surface area contributed by atoms with Crippen molar-refractivity contribution in [3.63, 3.8) is 0 Å². The summed E-state index contributed by atoms with van der Waals surface area (Å²) < 4.78 is 5.55. The van der Waals surface area contributed by atoms with Gasteiger partial charge in [0.1, 0.15) is 5.75 Å². The first-order valence-corrected chi connectivity index (χ1v) is 6.78. The molecule has 1 amide bonds. The van der Waals surface area contributed by atoms with Crippen LogP contribution in [0.5, 0.6) is 5.75 Å². The van der Waals surface area contributed by atoms with Gasteiger partial charge in [-0.2, -0.15) is 0 Å². The third kappa shape index (κ3) is 4.76. The maximum atomic E-state index is 11.8. The van der Waals surface area contributed by atoms with E-state index in [1.807, 2.05) is 61.5 Å². The molecule has 0 radical (unpaired) electrons. The van der Waals surface area contributed by atoms with Gasteiger partial charge in [0.2, 0.25) is 5.91 Å². The van der Waals surface area contributed by atoms with Crippen molar-refractivity contribution in [1.29, 1.82) is 0 Å². The second kappa shape index (κ2) is 7.34. The number of nitrogens with one attached hydrogen (secondary N) is 1. The molecule has 2 aromatic rings. The van der Waals surface area contributed by atoms with E-state index in [9.17, 15) is 4.79 Å². The average Bonchev–Trinajstić information content (AvgIpc) is 2.45. The molecule has 0 aliphatic heterocycles. The molecular formula is C17H19NO2. The highest BCUT2D eigenvalue weighted by molar-refractivity contribution is 5.90. The van der Waals surface area contributed by atoms with Gasteiger partial charge in [0.05, 0.1) is 6.61 Å². The van der Waals surface area contributed by atoms with Crippen LogP contribution >= 0.6 is 0 Å². The molecule has 3 nitrogen and oxygen atoms in total. The smallest absolute Gasteiger partial charge is 0.224 e. The zero-order valence-electron chi connectivity index (χ0n) is 11.6. The van der Waals surface area contributed by atoms with Crippen LogP contribution in [0.4, 0.5) is 5.69 Å². The molecule has 0 spiro atoms. The highest BCUT2D eigenvalue weighted by atomic mass is 16.5. The quantitative estimate of drug-likeness (QED) is 0.810. The van der Waals surface area contributed by atoms with Crippen LogP contribution in [0.2, 0.25) is 0 Å². The summed E-state index contributed by atoms with van der Waals surface area (Å²) in [6.07, 6.45) is 1.16. The van der Waals surface area contributed by atoms with Gasteiger partial charge in [0.15, 0.2) is 0 Å². The Morgan fingerprint density at radius 1 is 1.10 bits per heavy atom. The Hall–Kier alpha value is -2.29. The van der Waals surface area contributed by atoms with Crippen molar-refractivity contribution in [2.45, 2.75) is 19.8 Å². The van der Waals surface area contributed by atoms with E-state index < -0.39 is 0 Å². The van der Waals surface area contributed by atoms with E-state index in [0.29, 0.717) is 19.4 Å². The van der Waals surface area contributed by atoms with Gasteiger partial charge in [-0.1, -0.05) is 30.3 Å². The second-order valence-electron chi connectivity index (χ2n) is 4.68. The maximum absolute atomic E-state index is 11.8. The SMILES string of the molecule is Cc1cccc(NC(=O)CCCOc2ccccc2)c1. The maximum Gasteiger partial charge on any atom is 0.224 e. The molecule has 20 heavy (non-hydrogen) atoms. The molecule has 0 saturated heterocycles. The van der Waals surface area contributed by atoms with Gasteiger partial charge in [-0.25, -0.2) is 0 Å². The zero-order valence-corrected chi connectivity index (χ0v) is 11.6.